The van der Waals surface area contributed by atoms with Crippen molar-refractivity contribution in [3.05, 3.63) is 173 Å². The fraction of sp³-hybridized carbons (Fsp3) is 0.493. The molecule has 0 aliphatic rings. The van der Waals surface area contributed by atoms with E-state index in [1.54, 1.807) is 72.3 Å². The summed E-state index contributed by atoms with van der Waals surface area (Å²) in [5.41, 5.74) is 17.3. The lowest BCUT2D eigenvalue weighted by atomic mass is 9.84. The third-order valence-corrected chi connectivity index (χ3v) is 10.2. The van der Waals surface area contributed by atoms with Crippen LogP contribution in [0.25, 0.3) is 0 Å². The van der Waals surface area contributed by atoms with E-state index in [0.717, 1.165) is 75.9 Å². The third kappa shape index (κ3) is 79.4. The number of oxime groups is 2. The number of carboxylic acid groups (broad SMARTS) is 1. The van der Waals surface area contributed by atoms with Crippen molar-refractivity contribution in [2.75, 3.05) is 20.8 Å². The van der Waals surface area contributed by atoms with Gasteiger partial charge in [-0.2, -0.15) is 28.6 Å². The van der Waals surface area contributed by atoms with Crippen LogP contribution >= 0.6 is 0 Å². The lowest BCUT2D eigenvalue weighted by Gasteiger charge is -2.22. The number of halogens is 3. The van der Waals surface area contributed by atoms with Crippen LogP contribution in [0.2, 0.25) is 0 Å². The van der Waals surface area contributed by atoms with Crippen LogP contribution in [0.4, 0.5) is 13.2 Å². The molecule has 1 amide bonds. The number of nitriles is 1. The van der Waals surface area contributed by atoms with Gasteiger partial charge in [0, 0.05) is 53.5 Å². The molecule has 5 aromatic rings. The minimum absolute atomic E-state index is 0.269. The van der Waals surface area contributed by atoms with Gasteiger partial charge in [-0.15, -0.1) is 0 Å². The highest BCUT2D eigenvalue weighted by molar-refractivity contribution is 5.95. The van der Waals surface area contributed by atoms with E-state index in [0.29, 0.717) is 24.7 Å². The van der Waals surface area contributed by atoms with E-state index in [4.69, 9.17) is 15.5 Å². The van der Waals surface area contributed by atoms with Gasteiger partial charge < -0.3 is 30.4 Å². The van der Waals surface area contributed by atoms with E-state index in [1.807, 2.05) is 130 Å². The number of allylic oxidation sites excluding steroid dienone is 3. The largest absolute Gasteiger partial charge is 0.478 e. The van der Waals surface area contributed by atoms with Crippen molar-refractivity contribution in [2.24, 2.45) is 21.5 Å². The number of carboxylic acids is 1. The number of aliphatic hydroxyl groups is 1. The zero-order valence-corrected chi connectivity index (χ0v) is 59.0. The first-order valence-corrected chi connectivity index (χ1v) is 29.6. The Balaban J connectivity index is -0.000000170. The summed E-state index contributed by atoms with van der Waals surface area (Å²) in [7, 11) is 2.97. The molecule has 0 aliphatic heterocycles. The van der Waals surface area contributed by atoms with Crippen LogP contribution in [0.5, 0.6) is 0 Å². The number of hydrogen-bond donors (Lipinski definition) is 3. The molecule has 0 radical (unpaired) electrons. The molecule has 91 heavy (non-hydrogen) atoms. The number of hydrogen-bond acceptors (Lipinski definition) is 17. The maximum Gasteiger partial charge on any atom is 0.414 e. The number of primary amides is 1. The van der Waals surface area contributed by atoms with Gasteiger partial charge in [0.2, 0.25) is 5.91 Å². The normalized spacial score (nSPS) is 10.5. The molecule has 0 spiro atoms. The molecule has 0 fully saturated rings. The summed E-state index contributed by atoms with van der Waals surface area (Å²) in [6.45, 7) is 42.7. The Morgan fingerprint density at radius 2 is 1.12 bits per heavy atom. The summed E-state index contributed by atoms with van der Waals surface area (Å²) in [6.07, 6.45) is 14.8. The Hall–Kier alpha value is -8.58. The van der Waals surface area contributed by atoms with Crippen LogP contribution in [-0.4, -0.2) is 108 Å². The van der Waals surface area contributed by atoms with Gasteiger partial charge in [0.25, 0.3) is 0 Å². The van der Waals surface area contributed by atoms with Gasteiger partial charge >= 0.3 is 18.1 Å². The van der Waals surface area contributed by atoms with Gasteiger partial charge in [0.15, 0.2) is 5.71 Å². The van der Waals surface area contributed by atoms with Crippen molar-refractivity contribution in [3.63, 3.8) is 0 Å². The highest BCUT2D eigenvalue weighted by Gasteiger charge is 2.34. The smallest absolute Gasteiger partial charge is 0.414 e. The monoisotopic (exact) mass is 1280 g/mol. The minimum Gasteiger partial charge on any atom is -0.478 e. The Kier molecular flexibility index (Phi) is 68.0. The van der Waals surface area contributed by atoms with Crippen LogP contribution in [-0.2, 0) is 28.8 Å². The molecule has 0 aliphatic carbocycles. The van der Waals surface area contributed by atoms with Crippen molar-refractivity contribution < 1.29 is 52.2 Å². The first-order chi connectivity index (χ1) is 42.5. The molecule has 0 aromatic carbocycles. The second-order valence-corrected chi connectivity index (χ2v) is 19.9. The van der Waals surface area contributed by atoms with Crippen molar-refractivity contribution in [1.29, 1.82) is 5.26 Å². The lowest BCUT2D eigenvalue weighted by molar-refractivity contribution is -0.197. The number of aryl methyl sites for hydroxylation is 10. The maximum atomic E-state index is 10.9. The van der Waals surface area contributed by atoms with Gasteiger partial charge in [0.05, 0.1) is 40.8 Å². The number of aliphatic hydroxyl groups excluding tert-OH is 1. The Labute approximate surface area is 543 Å². The molecule has 1 atom stereocenters. The van der Waals surface area contributed by atoms with Crippen molar-refractivity contribution in [1.82, 2.24) is 35.1 Å². The van der Waals surface area contributed by atoms with Crippen molar-refractivity contribution >= 4 is 29.3 Å². The molecule has 22 heteroatoms. The predicted octanol–water partition coefficient (Wildman–Crippen LogP) is 16.0. The van der Waals surface area contributed by atoms with Gasteiger partial charge in [-0.1, -0.05) is 101 Å². The number of nitrogens with two attached hydrogens (primary N) is 1. The molecule has 510 valence electrons. The quantitative estimate of drug-likeness (QED) is 0.0453. The molecular weight excluding hydrogens is 1170 g/mol. The number of esters is 1. The summed E-state index contributed by atoms with van der Waals surface area (Å²) in [5.74, 6) is -1.55. The Morgan fingerprint density at radius 3 is 1.36 bits per heavy atom. The molecule has 0 saturated heterocycles. The summed E-state index contributed by atoms with van der Waals surface area (Å²) < 4.78 is 37.3. The van der Waals surface area contributed by atoms with Gasteiger partial charge in [0.1, 0.15) is 26.4 Å². The molecule has 19 nitrogen and oxygen atoms in total. The van der Waals surface area contributed by atoms with Gasteiger partial charge in [-0.3, -0.25) is 29.7 Å². The van der Waals surface area contributed by atoms with Crippen molar-refractivity contribution in [3.8, 4) is 6.07 Å². The topological polar surface area (TPSA) is 284 Å². The van der Waals surface area contributed by atoms with Crippen LogP contribution in [0, 0.1) is 86.0 Å². The highest BCUT2D eigenvalue weighted by atomic mass is 19.4. The van der Waals surface area contributed by atoms with Crippen LogP contribution in [0.3, 0.4) is 0 Å². The standard InChI is InChI=1S/C9H20.C7H10N2.2C7H9N.C6H8N2.C6H13NO.C6H7N.C6H10O2.C4H6N2O.C4H7NO.C4H6O2.C3H5F3O/c1-5-7-9(3,4)8-6-2;1-5-4-8-6(2)7(3)9-5;1-6-4-3-5-8-7(6)2;1-6-4-3-5-7(2)8-6;1-5-3-4-6(2)8-7-5;1-4-5-6(2)7-8-3;1-6-4-2-3-5-7-6;1-3-5-6(7)8-4-2;1-4(3-5)6-7-2;2*1-2-3-4(5)6;1-2(7)3(4,5)6/h5-8H2,1-4H3;4H,1-3H3;2*3-5H,1-2H3;3-4H,1-2H3;4-5H2,1-3H3;2-5H,1H3;3,5H,4H2,1-2H3;1-2H3;2-3H,1H3,(H2,5,6);2-3H,1H3,(H,5,6);2,7H,1H3/b;;;;;7-6-;;5-3+;6-4-;2*3-2+;/t;;;;;;;;;;;2-/m...........0/s1. The number of carbonyl (C=O) groups excluding carboxylic acids is 2. The summed E-state index contributed by atoms with van der Waals surface area (Å²) >= 11 is 0. The third-order valence-electron chi connectivity index (χ3n) is 10.2. The molecule has 4 N–H and O–H groups in total. The van der Waals surface area contributed by atoms with Gasteiger partial charge in [-0.05, 0) is 196 Å². The Bertz CT molecular complexity index is 2690. The van der Waals surface area contributed by atoms with E-state index < -0.39 is 24.2 Å². The zero-order chi connectivity index (χ0) is 71.8. The SMILES string of the molecule is C/C=C/C(=O)O.C/C=C/C(=O)OCC.C/C=C/C(N)=O.CCC/C(C)=N\OC.CCCC(C)(C)CCC.CO/N=C(/C)C#N.C[C@H](O)C(F)(F)F.Cc1ccc(C)nn1.Cc1cccc(C)n1.Cc1ccccn1.Cc1cccnc1C.Cc1cnc(C)c(C)n1. The fourth-order valence-electron chi connectivity index (χ4n) is 5.65. The molecule has 0 unspecified atom stereocenters. The van der Waals surface area contributed by atoms with Gasteiger partial charge in [-0.25, -0.2) is 9.59 Å². The molecule has 5 rings (SSSR count). The number of pyridine rings is 3. The molecule has 0 saturated carbocycles. The summed E-state index contributed by atoms with van der Waals surface area (Å²) in [6, 6.07) is 21.5. The summed E-state index contributed by atoms with van der Waals surface area (Å²) in [5, 5.41) is 38.3. The maximum absolute atomic E-state index is 10.9. The number of aliphatic carboxylic acids is 1. The molecule has 0 bridgehead atoms. The lowest BCUT2D eigenvalue weighted by Crippen LogP contribution is -2.24. The molecule has 5 aromatic heterocycles. The van der Waals surface area contributed by atoms with Crippen LogP contribution < -0.4 is 5.73 Å². The van der Waals surface area contributed by atoms with E-state index >= 15 is 0 Å². The minimum atomic E-state index is -4.44. The average Bonchev–Trinajstić information content (AvgIpc) is 3.37. The van der Waals surface area contributed by atoms with Crippen LogP contribution in [0.1, 0.15) is 178 Å². The fourth-order valence-corrected chi connectivity index (χ4v) is 5.65. The number of alkyl halides is 3. The van der Waals surface area contributed by atoms with Crippen molar-refractivity contribution in [2.45, 2.75) is 203 Å². The number of amides is 1. The number of aromatic nitrogens is 7. The van der Waals surface area contributed by atoms with Crippen LogP contribution in [0.15, 0.2) is 126 Å². The van der Waals surface area contributed by atoms with E-state index in [-0.39, 0.29) is 5.97 Å². The summed E-state index contributed by atoms with van der Waals surface area (Å²) in [4.78, 5) is 58.9. The predicted molar refractivity (Wildman–Crippen MR) is 364 cm³/mol. The van der Waals surface area contributed by atoms with E-state index in [9.17, 15) is 27.6 Å². The highest BCUT2D eigenvalue weighted by Crippen LogP contribution is 2.27. The second-order valence-electron chi connectivity index (χ2n) is 19.9. The van der Waals surface area contributed by atoms with E-state index in [1.165, 1.54) is 56.6 Å². The first-order valence-electron chi connectivity index (χ1n) is 29.6. The Morgan fingerprint density at radius 1 is 0.637 bits per heavy atom. The molecule has 5 heterocycles. The molecular formula is C69H110F3N11O8. The number of nitrogens with zero attached hydrogens (tertiary/aromatic N) is 10. The second kappa shape index (κ2) is 64.4. The number of carbonyl (C=O) groups is 3. The van der Waals surface area contributed by atoms with E-state index in [2.05, 4.69) is 113 Å². The first kappa shape index (κ1) is 96.1. The number of rotatable bonds is 12. The zero-order valence-electron chi connectivity index (χ0n) is 59.0. The number of ether oxygens (including phenoxy) is 1. The average molecular weight is 1280 g/mol.